The molecule has 26 heavy (non-hydrogen) atoms. The van der Waals surface area contributed by atoms with Crippen molar-refractivity contribution in [2.75, 3.05) is 6.54 Å². The van der Waals surface area contributed by atoms with Crippen molar-refractivity contribution in [1.82, 2.24) is 14.8 Å². The number of nitrogens with zero attached hydrogens (tertiary/aromatic N) is 2. The Morgan fingerprint density at radius 3 is 2.69 bits per heavy atom. The maximum atomic E-state index is 13.0. The number of hydrogen-bond acceptors (Lipinski definition) is 3. The van der Waals surface area contributed by atoms with E-state index < -0.39 is 11.6 Å². The Morgan fingerprint density at radius 2 is 2.04 bits per heavy atom. The molecule has 6 heteroatoms. The lowest BCUT2D eigenvalue weighted by Gasteiger charge is -2.36. The average Bonchev–Trinajstić information content (AvgIpc) is 3.01. The molecule has 1 N–H and O–H groups in total. The van der Waals surface area contributed by atoms with Gasteiger partial charge in [0, 0.05) is 23.5 Å². The maximum Gasteiger partial charge on any atom is 0.325 e. The molecule has 3 rings (SSSR count). The SMILES string of the molecule is CCCn1c(C)cc(C(=O)CN2C(=O)N[C@@]3(CCCC[C@@H]3C)C2=O)c1C. The van der Waals surface area contributed by atoms with E-state index in [9.17, 15) is 14.4 Å². The molecule has 2 atom stereocenters. The molecule has 6 nitrogen and oxygen atoms in total. The lowest BCUT2D eigenvalue weighted by atomic mass is 9.73. The standard InChI is InChI=1S/C20H29N3O3/c1-5-10-22-14(3)11-16(15(22)4)17(24)12-23-18(25)20(21-19(23)26)9-7-6-8-13(20)2/h11,13H,5-10,12H2,1-4H3,(H,21,26)/t13-,20+/m0/s1. The number of amides is 3. The Labute approximate surface area is 154 Å². The highest BCUT2D eigenvalue weighted by Crippen LogP contribution is 2.38. The van der Waals surface area contributed by atoms with Crippen LogP contribution in [0.4, 0.5) is 4.79 Å². The van der Waals surface area contributed by atoms with E-state index in [0.717, 1.165) is 48.5 Å². The van der Waals surface area contributed by atoms with Gasteiger partial charge in [0.2, 0.25) is 0 Å². The third-order valence-corrected chi connectivity index (χ3v) is 6.12. The molecule has 0 aromatic carbocycles. The van der Waals surface area contributed by atoms with E-state index in [0.29, 0.717) is 12.0 Å². The van der Waals surface area contributed by atoms with Gasteiger partial charge in [-0.05, 0) is 45.1 Å². The van der Waals surface area contributed by atoms with Gasteiger partial charge >= 0.3 is 6.03 Å². The highest BCUT2D eigenvalue weighted by molar-refractivity contribution is 6.11. The Balaban J connectivity index is 1.81. The Morgan fingerprint density at radius 1 is 1.31 bits per heavy atom. The molecule has 1 aromatic heterocycles. The van der Waals surface area contributed by atoms with Crippen LogP contribution in [0, 0.1) is 19.8 Å². The monoisotopic (exact) mass is 359 g/mol. The zero-order chi connectivity index (χ0) is 19.1. The first kappa shape index (κ1) is 18.7. The molecule has 2 aliphatic rings. The summed E-state index contributed by atoms with van der Waals surface area (Å²) in [6, 6.07) is 1.43. The van der Waals surface area contributed by atoms with Gasteiger partial charge in [-0.2, -0.15) is 0 Å². The van der Waals surface area contributed by atoms with Crippen molar-refractivity contribution in [3.8, 4) is 0 Å². The third-order valence-electron chi connectivity index (χ3n) is 6.12. The second-order valence-corrected chi connectivity index (χ2v) is 7.80. The summed E-state index contributed by atoms with van der Waals surface area (Å²) in [6.45, 7) is 8.68. The largest absolute Gasteiger partial charge is 0.348 e. The van der Waals surface area contributed by atoms with Crippen molar-refractivity contribution >= 4 is 17.7 Å². The third kappa shape index (κ3) is 2.85. The topological polar surface area (TPSA) is 71.4 Å². The molecule has 1 aromatic rings. The summed E-state index contributed by atoms with van der Waals surface area (Å²) in [7, 11) is 0. The second-order valence-electron chi connectivity index (χ2n) is 7.80. The van der Waals surface area contributed by atoms with E-state index in [1.165, 1.54) is 0 Å². The van der Waals surface area contributed by atoms with Gasteiger partial charge in [0.1, 0.15) is 5.54 Å². The van der Waals surface area contributed by atoms with Crippen LogP contribution in [0.3, 0.4) is 0 Å². The number of ketones is 1. The number of nitrogens with one attached hydrogen (secondary N) is 1. The number of imide groups is 1. The summed E-state index contributed by atoms with van der Waals surface area (Å²) < 4.78 is 2.11. The number of rotatable bonds is 5. The van der Waals surface area contributed by atoms with Crippen molar-refractivity contribution in [3.05, 3.63) is 23.0 Å². The predicted molar refractivity (Wildman–Crippen MR) is 99.1 cm³/mol. The first-order valence-electron chi connectivity index (χ1n) is 9.66. The molecular formula is C20H29N3O3. The molecular weight excluding hydrogens is 330 g/mol. The number of Topliss-reactive ketones (excluding diaryl/α,β-unsaturated/α-hetero) is 1. The van der Waals surface area contributed by atoms with E-state index in [1.54, 1.807) is 0 Å². The van der Waals surface area contributed by atoms with Gasteiger partial charge in [-0.3, -0.25) is 14.5 Å². The molecule has 142 valence electrons. The van der Waals surface area contributed by atoms with Gasteiger partial charge in [-0.1, -0.05) is 26.7 Å². The van der Waals surface area contributed by atoms with Crippen LogP contribution in [0.2, 0.25) is 0 Å². The smallest absolute Gasteiger partial charge is 0.325 e. The predicted octanol–water partition coefficient (Wildman–Crippen LogP) is 3.20. The van der Waals surface area contributed by atoms with Crippen LogP contribution in [0.25, 0.3) is 0 Å². The molecule has 1 spiro atoms. The van der Waals surface area contributed by atoms with Gasteiger partial charge in [0.05, 0.1) is 6.54 Å². The fourth-order valence-electron chi connectivity index (χ4n) is 4.52. The molecule has 0 unspecified atom stereocenters. The van der Waals surface area contributed by atoms with Crippen molar-refractivity contribution in [1.29, 1.82) is 0 Å². The summed E-state index contributed by atoms with van der Waals surface area (Å²) >= 11 is 0. The van der Waals surface area contributed by atoms with E-state index in [-0.39, 0.29) is 24.2 Å². The van der Waals surface area contributed by atoms with Gasteiger partial charge < -0.3 is 9.88 Å². The molecule has 3 amide bonds. The van der Waals surface area contributed by atoms with Crippen LogP contribution in [0.1, 0.15) is 67.7 Å². The minimum Gasteiger partial charge on any atom is -0.348 e. The van der Waals surface area contributed by atoms with Gasteiger partial charge in [-0.15, -0.1) is 0 Å². The van der Waals surface area contributed by atoms with Crippen LogP contribution in [0.5, 0.6) is 0 Å². The highest BCUT2D eigenvalue weighted by atomic mass is 16.2. The number of urea groups is 1. The highest BCUT2D eigenvalue weighted by Gasteiger charge is 2.55. The Hall–Kier alpha value is -2.11. The van der Waals surface area contributed by atoms with E-state index in [1.807, 2.05) is 26.8 Å². The first-order valence-corrected chi connectivity index (χ1v) is 9.66. The molecule has 1 saturated heterocycles. The number of aromatic nitrogens is 1. The van der Waals surface area contributed by atoms with Crippen LogP contribution < -0.4 is 5.32 Å². The fourth-order valence-corrected chi connectivity index (χ4v) is 4.52. The van der Waals surface area contributed by atoms with Crippen LogP contribution in [-0.2, 0) is 11.3 Å². The zero-order valence-electron chi connectivity index (χ0n) is 16.2. The summed E-state index contributed by atoms with van der Waals surface area (Å²) in [4.78, 5) is 39.5. The molecule has 0 bridgehead atoms. The average molecular weight is 359 g/mol. The minimum absolute atomic E-state index is 0.0995. The maximum absolute atomic E-state index is 13.0. The lowest BCUT2D eigenvalue weighted by Crippen LogP contribution is -2.54. The van der Waals surface area contributed by atoms with Crippen molar-refractivity contribution in [2.24, 2.45) is 5.92 Å². The first-order chi connectivity index (χ1) is 12.3. The van der Waals surface area contributed by atoms with Crippen molar-refractivity contribution in [2.45, 2.75) is 71.9 Å². The normalized spacial score (nSPS) is 25.8. The van der Waals surface area contributed by atoms with E-state index in [2.05, 4.69) is 16.8 Å². The van der Waals surface area contributed by atoms with Gasteiger partial charge in [0.25, 0.3) is 5.91 Å². The Kier molecular flexibility index (Phi) is 4.95. The minimum atomic E-state index is -0.811. The quantitative estimate of drug-likeness (QED) is 0.648. The summed E-state index contributed by atoms with van der Waals surface area (Å²) in [6.07, 6.45) is 4.57. The van der Waals surface area contributed by atoms with Crippen LogP contribution in [0.15, 0.2) is 6.07 Å². The molecule has 1 saturated carbocycles. The van der Waals surface area contributed by atoms with Gasteiger partial charge in [0.15, 0.2) is 5.78 Å². The van der Waals surface area contributed by atoms with Crippen molar-refractivity contribution in [3.63, 3.8) is 0 Å². The zero-order valence-corrected chi connectivity index (χ0v) is 16.2. The van der Waals surface area contributed by atoms with Gasteiger partial charge in [-0.25, -0.2) is 4.79 Å². The summed E-state index contributed by atoms with van der Waals surface area (Å²) in [5.41, 5.74) is 1.73. The number of hydrogen-bond donors (Lipinski definition) is 1. The van der Waals surface area contributed by atoms with E-state index >= 15 is 0 Å². The second kappa shape index (κ2) is 6.89. The van der Waals surface area contributed by atoms with Crippen LogP contribution in [-0.4, -0.2) is 39.3 Å². The van der Waals surface area contributed by atoms with Crippen molar-refractivity contribution < 1.29 is 14.4 Å². The number of aryl methyl sites for hydroxylation is 1. The molecule has 1 aliphatic carbocycles. The molecule has 2 heterocycles. The number of carbonyl (C=O) groups is 3. The summed E-state index contributed by atoms with van der Waals surface area (Å²) in [5, 5.41) is 2.91. The van der Waals surface area contributed by atoms with Crippen LogP contribution >= 0.6 is 0 Å². The van der Waals surface area contributed by atoms with E-state index in [4.69, 9.17) is 0 Å². The molecule has 0 radical (unpaired) electrons. The molecule has 2 fully saturated rings. The molecule has 1 aliphatic heterocycles. The fraction of sp³-hybridized carbons (Fsp3) is 0.650. The lowest BCUT2D eigenvalue weighted by molar-refractivity contribution is -0.133. The Bertz CT molecular complexity index is 752. The summed E-state index contributed by atoms with van der Waals surface area (Å²) in [5.74, 6) is -0.308. The number of carbonyl (C=O) groups excluding carboxylic acids is 3.